The van der Waals surface area contributed by atoms with Gasteiger partial charge in [0.25, 0.3) is 11.8 Å². The van der Waals surface area contributed by atoms with Gasteiger partial charge in [0.05, 0.1) is 6.61 Å². The summed E-state index contributed by atoms with van der Waals surface area (Å²) in [7, 11) is 0. The van der Waals surface area contributed by atoms with E-state index in [4.69, 9.17) is 14.2 Å². The zero-order valence-corrected chi connectivity index (χ0v) is 19.1. The van der Waals surface area contributed by atoms with E-state index in [-0.39, 0.29) is 31.1 Å². The van der Waals surface area contributed by atoms with Gasteiger partial charge < -0.3 is 24.4 Å². The van der Waals surface area contributed by atoms with E-state index in [1.54, 1.807) is 17.0 Å². The van der Waals surface area contributed by atoms with Crippen molar-refractivity contribution < 1.29 is 23.8 Å². The average Bonchev–Trinajstić information content (AvgIpc) is 2.80. The maximum atomic E-state index is 12.5. The van der Waals surface area contributed by atoms with E-state index in [2.05, 4.69) is 5.32 Å². The van der Waals surface area contributed by atoms with Crippen LogP contribution in [-0.4, -0.2) is 55.7 Å². The molecular weight excluding hydrogens is 408 g/mol. The van der Waals surface area contributed by atoms with E-state index < -0.39 is 0 Å². The summed E-state index contributed by atoms with van der Waals surface area (Å²) in [6, 6.07) is 13.1. The number of ether oxygens (including phenoxy) is 3. The van der Waals surface area contributed by atoms with Crippen LogP contribution in [0.5, 0.6) is 17.2 Å². The second kappa shape index (κ2) is 11.4. The van der Waals surface area contributed by atoms with E-state index in [0.717, 1.165) is 22.6 Å². The highest BCUT2D eigenvalue weighted by Gasteiger charge is 2.24. The van der Waals surface area contributed by atoms with E-state index in [0.29, 0.717) is 38.3 Å². The van der Waals surface area contributed by atoms with Gasteiger partial charge in [-0.1, -0.05) is 12.1 Å². The Labute approximate surface area is 189 Å². The van der Waals surface area contributed by atoms with Crippen LogP contribution in [0.4, 0.5) is 0 Å². The number of nitrogens with one attached hydrogen (secondary N) is 1. The van der Waals surface area contributed by atoms with E-state index in [9.17, 15) is 9.59 Å². The maximum absolute atomic E-state index is 12.5. The third-order valence-electron chi connectivity index (χ3n) is 5.62. The molecule has 3 rings (SSSR count). The first-order valence-electron chi connectivity index (χ1n) is 11.1. The fourth-order valence-corrected chi connectivity index (χ4v) is 3.60. The predicted octanol–water partition coefficient (Wildman–Crippen LogP) is 3.27. The van der Waals surface area contributed by atoms with Crippen LogP contribution in [0.3, 0.4) is 0 Å². The molecule has 0 saturated carbocycles. The van der Waals surface area contributed by atoms with Crippen molar-refractivity contribution >= 4 is 11.8 Å². The molecule has 0 aromatic heterocycles. The van der Waals surface area contributed by atoms with Crippen LogP contribution in [-0.2, 0) is 9.59 Å². The summed E-state index contributed by atoms with van der Waals surface area (Å²) in [5.41, 5.74) is 2.17. The zero-order valence-electron chi connectivity index (χ0n) is 19.1. The van der Waals surface area contributed by atoms with Gasteiger partial charge in [0.2, 0.25) is 0 Å². The highest BCUT2D eigenvalue weighted by molar-refractivity contribution is 5.79. The number of piperidine rings is 1. The standard InChI is InChI=1S/C25H32N2O5/c1-4-30-21-8-10-22(11-9-21)31-17-25(29)27-14-12-20(13-15-27)26-24(28)16-32-23-7-5-6-18(2)19(23)3/h5-11,20H,4,12-17H2,1-3H3,(H,26,28). The number of carbonyl (C=O) groups excluding carboxylic acids is 2. The molecule has 7 heteroatoms. The third kappa shape index (κ3) is 6.64. The van der Waals surface area contributed by atoms with E-state index in [1.165, 1.54) is 0 Å². The molecule has 2 aromatic rings. The lowest BCUT2D eigenvalue weighted by Gasteiger charge is -2.32. The first-order chi connectivity index (χ1) is 15.5. The second-order valence-electron chi connectivity index (χ2n) is 7.90. The Kier molecular flexibility index (Phi) is 8.36. The van der Waals surface area contributed by atoms with Gasteiger partial charge in [0.15, 0.2) is 13.2 Å². The smallest absolute Gasteiger partial charge is 0.260 e. The quantitative estimate of drug-likeness (QED) is 0.648. The molecule has 1 fully saturated rings. The van der Waals surface area contributed by atoms with Crippen molar-refractivity contribution in [2.24, 2.45) is 0 Å². The molecule has 2 amide bonds. The van der Waals surface area contributed by atoms with Crippen molar-refractivity contribution in [2.75, 3.05) is 32.9 Å². The number of likely N-dealkylation sites (tertiary alicyclic amines) is 1. The summed E-state index contributed by atoms with van der Waals surface area (Å²) >= 11 is 0. The Hall–Kier alpha value is -3.22. The number of hydrogen-bond donors (Lipinski definition) is 1. The van der Waals surface area contributed by atoms with Gasteiger partial charge in [-0.2, -0.15) is 0 Å². The van der Waals surface area contributed by atoms with E-state index in [1.807, 2.05) is 51.1 Å². The Morgan fingerprint density at radius 2 is 1.59 bits per heavy atom. The molecule has 0 atom stereocenters. The molecule has 0 unspecified atom stereocenters. The number of benzene rings is 2. The number of aryl methyl sites for hydroxylation is 1. The lowest BCUT2D eigenvalue weighted by molar-refractivity contribution is -0.134. The Balaban J connectivity index is 1.36. The van der Waals surface area contributed by atoms with Crippen LogP contribution in [0.15, 0.2) is 42.5 Å². The van der Waals surface area contributed by atoms with E-state index >= 15 is 0 Å². The minimum absolute atomic E-state index is 0.00527. The Morgan fingerprint density at radius 3 is 2.25 bits per heavy atom. The predicted molar refractivity (Wildman–Crippen MR) is 122 cm³/mol. The van der Waals surface area contributed by atoms with Gasteiger partial charge in [-0.3, -0.25) is 9.59 Å². The Morgan fingerprint density at radius 1 is 0.938 bits per heavy atom. The fourth-order valence-electron chi connectivity index (χ4n) is 3.60. The molecule has 7 nitrogen and oxygen atoms in total. The number of amides is 2. The van der Waals surface area contributed by atoms with Gasteiger partial charge in [0.1, 0.15) is 17.2 Å². The van der Waals surface area contributed by atoms with Gasteiger partial charge in [0, 0.05) is 19.1 Å². The molecule has 172 valence electrons. The molecule has 1 heterocycles. The summed E-state index contributed by atoms with van der Waals surface area (Å²) in [5, 5.41) is 3.01. The normalized spacial score (nSPS) is 14.0. The Bertz CT molecular complexity index is 905. The minimum Gasteiger partial charge on any atom is -0.494 e. The number of nitrogens with zero attached hydrogens (tertiary/aromatic N) is 1. The maximum Gasteiger partial charge on any atom is 0.260 e. The van der Waals surface area contributed by atoms with Crippen molar-refractivity contribution in [2.45, 2.75) is 39.7 Å². The summed E-state index contributed by atoms with van der Waals surface area (Å²) in [5.74, 6) is 1.94. The summed E-state index contributed by atoms with van der Waals surface area (Å²) in [4.78, 5) is 26.5. The van der Waals surface area contributed by atoms with Gasteiger partial charge in [-0.15, -0.1) is 0 Å². The monoisotopic (exact) mass is 440 g/mol. The van der Waals surface area contributed by atoms with Gasteiger partial charge in [-0.25, -0.2) is 0 Å². The number of hydrogen-bond acceptors (Lipinski definition) is 5. The minimum atomic E-state index is -0.144. The molecule has 32 heavy (non-hydrogen) atoms. The van der Waals surface area contributed by atoms with Crippen molar-refractivity contribution in [3.8, 4) is 17.2 Å². The number of carbonyl (C=O) groups is 2. The van der Waals surface area contributed by atoms with Gasteiger partial charge >= 0.3 is 0 Å². The molecule has 1 saturated heterocycles. The summed E-state index contributed by atoms with van der Waals surface area (Å²) in [6.45, 7) is 7.69. The zero-order chi connectivity index (χ0) is 22.9. The van der Waals surface area contributed by atoms with Crippen LogP contribution in [0, 0.1) is 13.8 Å². The second-order valence-corrected chi connectivity index (χ2v) is 7.90. The summed E-state index contributed by atoms with van der Waals surface area (Å²) < 4.78 is 16.7. The molecule has 0 bridgehead atoms. The van der Waals surface area contributed by atoms with Crippen LogP contribution in [0.1, 0.15) is 30.9 Å². The molecule has 1 aliphatic heterocycles. The molecule has 0 radical (unpaired) electrons. The lowest BCUT2D eigenvalue weighted by atomic mass is 10.1. The van der Waals surface area contributed by atoms with Crippen LogP contribution >= 0.6 is 0 Å². The average molecular weight is 441 g/mol. The largest absolute Gasteiger partial charge is 0.494 e. The van der Waals surface area contributed by atoms with Crippen molar-refractivity contribution in [1.29, 1.82) is 0 Å². The molecule has 0 spiro atoms. The van der Waals surface area contributed by atoms with Crippen molar-refractivity contribution in [3.05, 3.63) is 53.6 Å². The van der Waals surface area contributed by atoms with Crippen LogP contribution < -0.4 is 19.5 Å². The first-order valence-corrected chi connectivity index (χ1v) is 11.1. The molecular formula is C25H32N2O5. The summed E-state index contributed by atoms with van der Waals surface area (Å²) in [6.07, 6.45) is 1.42. The fraction of sp³-hybridized carbons (Fsp3) is 0.440. The third-order valence-corrected chi connectivity index (χ3v) is 5.62. The lowest BCUT2D eigenvalue weighted by Crippen LogP contribution is -2.48. The van der Waals surface area contributed by atoms with Crippen molar-refractivity contribution in [1.82, 2.24) is 10.2 Å². The van der Waals surface area contributed by atoms with Crippen LogP contribution in [0.25, 0.3) is 0 Å². The first kappa shape index (κ1) is 23.4. The van der Waals surface area contributed by atoms with Gasteiger partial charge in [-0.05, 0) is 75.1 Å². The van der Waals surface area contributed by atoms with Crippen LogP contribution in [0.2, 0.25) is 0 Å². The SMILES string of the molecule is CCOc1ccc(OCC(=O)N2CCC(NC(=O)COc3cccc(C)c3C)CC2)cc1. The highest BCUT2D eigenvalue weighted by atomic mass is 16.5. The highest BCUT2D eigenvalue weighted by Crippen LogP contribution is 2.21. The number of rotatable bonds is 9. The molecule has 1 N–H and O–H groups in total. The molecule has 2 aromatic carbocycles. The van der Waals surface area contributed by atoms with Crippen molar-refractivity contribution in [3.63, 3.8) is 0 Å². The molecule has 1 aliphatic rings. The molecule has 0 aliphatic carbocycles. The topological polar surface area (TPSA) is 77.1 Å².